The fourth-order valence-electron chi connectivity index (χ4n) is 1.52. The molecule has 0 aromatic heterocycles. The first kappa shape index (κ1) is 13.6. The maximum atomic E-state index is 13.6. The fourth-order valence-corrected chi connectivity index (χ4v) is 2.74. The molecule has 0 spiro atoms. The van der Waals surface area contributed by atoms with E-state index in [9.17, 15) is 4.39 Å². The molecule has 0 bridgehead atoms. The molecule has 0 radical (unpaired) electrons. The SMILES string of the molecule is NCc1ccc(SCc2ccc(Br)cc2F)cc1. The Hall–Kier alpha value is -0.840. The highest BCUT2D eigenvalue weighted by Gasteiger charge is 2.03. The smallest absolute Gasteiger partial charge is 0.128 e. The predicted molar refractivity (Wildman–Crippen MR) is 78.0 cm³/mol. The van der Waals surface area contributed by atoms with Crippen LogP contribution >= 0.6 is 27.7 Å². The zero-order valence-corrected chi connectivity index (χ0v) is 12.1. The number of nitrogens with two attached hydrogens (primary N) is 1. The summed E-state index contributed by atoms with van der Waals surface area (Å²) in [6.45, 7) is 0.548. The van der Waals surface area contributed by atoms with E-state index in [1.807, 2.05) is 30.3 Å². The summed E-state index contributed by atoms with van der Waals surface area (Å²) in [5.41, 5.74) is 7.36. The van der Waals surface area contributed by atoms with Crippen LogP contribution in [0.5, 0.6) is 0 Å². The minimum Gasteiger partial charge on any atom is -0.326 e. The number of halogens is 2. The zero-order valence-electron chi connectivity index (χ0n) is 9.70. The van der Waals surface area contributed by atoms with Gasteiger partial charge in [0.15, 0.2) is 0 Å². The van der Waals surface area contributed by atoms with Crippen LogP contribution in [-0.2, 0) is 12.3 Å². The molecule has 18 heavy (non-hydrogen) atoms. The van der Waals surface area contributed by atoms with E-state index in [-0.39, 0.29) is 5.82 Å². The Morgan fingerprint density at radius 1 is 1.11 bits per heavy atom. The molecule has 0 heterocycles. The van der Waals surface area contributed by atoms with Crippen molar-refractivity contribution in [2.75, 3.05) is 0 Å². The van der Waals surface area contributed by atoms with Gasteiger partial charge >= 0.3 is 0 Å². The second-order valence-electron chi connectivity index (χ2n) is 3.87. The first-order valence-electron chi connectivity index (χ1n) is 5.55. The Morgan fingerprint density at radius 3 is 2.44 bits per heavy atom. The van der Waals surface area contributed by atoms with Crippen LogP contribution in [0.3, 0.4) is 0 Å². The average Bonchev–Trinajstić information content (AvgIpc) is 2.38. The summed E-state index contributed by atoms with van der Waals surface area (Å²) in [4.78, 5) is 1.12. The molecule has 0 aliphatic heterocycles. The molecule has 0 saturated heterocycles. The van der Waals surface area contributed by atoms with Gasteiger partial charge in [-0.25, -0.2) is 4.39 Å². The summed E-state index contributed by atoms with van der Waals surface area (Å²) < 4.78 is 14.4. The highest BCUT2D eigenvalue weighted by Crippen LogP contribution is 2.25. The molecule has 2 N–H and O–H groups in total. The van der Waals surface area contributed by atoms with Crippen molar-refractivity contribution < 1.29 is 4.39 Å². The topological polar surface area (TPSA) is 26.0 Å². The largest absolute Gasteiger partial charge is 0.326 e. The summed E-state index contributed by atoms with van der Waals surface area (Å²) in [6, 6.07) is 13.2. The van der Waals surface area contributed by atoms with Crippen LogP contribution in [0.4, 0.5) is 4.39 Å². The highest BCUT2D eigenvalue weighted by atomic mass is 79.9. The normalized spacial score (nSPS) is 10.6. The maximum absolute atomic E-state index is 13.6. The Bertz CT molecular complexity index is 528. The van der Waals surface area contributed by atoms with Crippen molar-refractivity contribution in [3.05, 3.63) is 63.9 Å². The van der Waals surface area contributed by atoms with Crippen molar-refractivity contribution in [2.45, 2.75) is 17.2 Å². The first-order chi connectivity index (χ1) is 8.69. The molecular weight excluding hydrogens is 313 g/mol. The molecule has 0 aliphatic rings. The molecular formula is C14H13BrFNS. The maximum Gasteiger partial charge on any atom is 0.128 e. The number of benzene rings is 2. The first-order valence-corrected chi connectivity index (χ1v) is 7.32. The Kier molecular flexibility index (Phi) is 4.80. The van der Waals surface area contributed by atoms with E-state index in [1.165, 1.54) is 6.07 Å². The van der Waals surface area contributed by atoms with E-state index >= 15 is 0 Å². The van der Waals surface area contributed by atoms with Crippen molar-refractivity contribution >= 4 is 27.7 Å². The molecule has 94 valence electrons. The van der Waals surface area contributed by atoms with E-state index in [2.05, 4.69) is 15.9 Å². The van der Waals surface area contributed by atoms with Crippen LogP contribution in [0.2, 0.25) is 0 Å². The van der Waals surface area contributed by atoms with E-state index in [1.54, 1.807) is 17.8 Å². The van der Waals surface area contributed by atoms with Gasteiger partial charge in [0.2, 0.25) is 0 Å². The van der Waals surface area contributed by atoms with Gasteiger partial charge in [-0.3, -0.25) is 0 Å². The molecule has 4 heteroatoms. The van der Waals surface area contributed by atoms with Gasteiger partial charge in [-0.1, -0.05) is 34.1 Å². The van der Waals surface area contributed by atoms with Crippen LogP contribution in [0.15, 0.2) is 51.8 Å². The quantitative estimate of drug-likeness (QED) is 0.846. The third kappa shape index (κ3) is 3.57. The lowest BCUT2D eigenvalue weighted by molar-refractivity contribution is 0.616. The van der Waals surface area contributed by atoms with Crippen LogP contribution in [0, 0.1) is 5.82 Å². The summed E-state index contributed by atoms with van der Waals surface area (Å²) >= 11 is 4.87. The third-order valence-corrected chi connectivity index (χ3v) is 4.12. The molecule has 2 rings (SSSR count). The second-order valence-corrected chi connectivity index (χ2v) is 5.84. The van der Waals surface area contributed by atoms with Crippen LogP contribution < -0.4 is 5.73 Å². The summed E-state index contributed by atoms with van der Waals surface area (Å²) in [7, 11) is 0. The molecule has 2 aromatic carbocycles. The van der Waals surface area contributed by atoms with Crippen molar-refractivity contribution in [2.24, 2.45) is 5.73 Å². The third-order valence-electron chi connectivity index (χ3n) is 2.57. The van der Waals surface area contributed by atoms with Crippen LogP contribution in [0.1, 0.15) is 11.1 Å². The number of thioether (sulfide) groups is 1. The number of hydrogen-bond acceptors (Lipinski definition) is 2. The van der Waals surface area contributed by atoms with Crippen molar-refractivity contribution in [3.8, 4) is 0 Å². The van der Waals surface area contributed by atoms with Gasteiger partial charge in [-0.2, -0.15) is 0 Å². The molecule has 0 fully saturated rings. The monoisotopic (exact) mass is 325 g/mol. The predicted octanol–water partition coefficient (Wildman–Crippen LogP) is 4.34. The Labute approximate surface area is 119 Å². The minimum atomic E-state index is -0.171. The van der Waals surface area contributed by atoms with Crippen molar-refractivity contribution in [1.29, 1.82) is 0 Å². The van der Waals surface area contributed by atoms with Crippen molar-refractivity contribution in [1.82, 2.24) is 0 Å². The lowest BCUT2D eigenvalue weighted by atomic mass is 10.2. The van der Waals surface area contributed by atoms with Gasteiger partial charge in [-0.15, -0.1) is 11.8 Å². The lowest BCUT2D eigenvalue weighted by Crippen LogP contribution is -1.95. The van der Waals surface area contributed by atoms with E-state index < -0.39 is 0 Å². The molecule has 0 unspecified atom stereocenters. The zero-order chi connectivity index (χ0) is 13.0. The Morgan fingerprint density at radius 2 is 1.83 bits per heavy atom. The summed E-state index contributed by atoms with van der Waals surface area (Å²) in [6.07, 6.45) is 0. The minimum absolute atomic E-state index is 0.171. The number of rotatable bonds is 4. The van der Waals surface area contributed by atoms with Gasteiger partial charge in [0.25, 0.3) is 0 Å². The van der Waals surface area contributed by atoms with E-state index in [0.717, 1.165) is 14.9 Å². The summed E-state index contributed by atoms with van der Waals surface area (Å²) in [5.74, 6) is 0.455. The van der Waals surface area contributed by atoms with E-state index in [4.69, 9.17) is 5.73 Å². The summed E-state index contributed by atoms with van der Waals surface area (Å²) in [5, 5.41) is 0. The highest BCUT2D eigenvalue weighted by molar-refractivity contribution is 9.10. The standard InChI is InChI=1S/C14H13BrFNS/c15-12-4-3-11(14(16)7-12)9-18-13-5-1-10(8-17)2-6-13/h1-7H,8-9,17H2. The Balaban J connectivity index is 2.02. The molecule has 1 nitrogen and oxygen atoms in total. The molecule has 0 saturated carbocycles. The van der Waals surface area contributed by atoms with Crippen LogP contribution in [0.25, 0.3) is 0 Å². The molecule has 2 aromatic rings. The fraction of sp³-hybridized carbons (Fsp3) is 0.143. The average molecular weight is 326 g/mol. The number of hydrogen-bond donors (Lipinski definition) is 1. The van der Waals surface area contributed by atoms with Gasteiger partial charge in [-0.05, 0) is 35.4 Å². The van der Waals surface area contributed by atoms with Gasteiger partial charge in [0.05, 0.1) is 0 Å². The molecule has 0 amide bonds. The van der Waals surface area contributed by atoms with E-state index in [0.29, 0.717) is 17.9 Å². The molecule has 0 atom stereocenters. The van der Waals surface area contributed by atoms with Crippen molar-refractivity contribution in [3.63, 3.8) is 0 Å². The molecule has 0 aliphatic carbocycles. The van der Waals surface area contributed by atoms with Gasteiger partial charge < -0.3 is 5.73 Å². The van der Waals surface area contributed by atoms with Gasteiger partial charge in [0.1, 0.15) is 5.82 Å². The van der Waals surface area contributed by atoms with Gasteiger partial charge in [0, 0.05) is 21.7 Å². The lowest BCUT2D eigenvalue weighted by Gasteiger charge is -2.05. The second kappa shape index (κ2) is 6.36. The van der Waals surface area contributed by atoms with Crippen LogP contribution in [-0.4, -0.2) is 0 Å².